The molecule has 0 radical (unpaired) electrons. The van der Waals surface area contributed by atoms with Crippen LogP contribution in [-0.2, 0) is 26.2 Å². The van der Waals surface area contributed by atoms with Gasteiger partial charge in [0.15, 0.2) is 0 Å². The third-order valence-electron chi connectivity index (χ3n) is 9.31. The summed E-state index contributed by atoms with van der Waals surface area (Å²) in [5.41, 5.74) is 1.25. The van der Waals surface area contributed by atoms with Crippen molar-refractivity contribution in [3.63, 3.8) is 0 Å². The molecule has 1 aromatic carbocycles. The molecule has 40 heavy (non-hydrogen) atoms. The quantitative estimate of drug-likeness (QED) is 0.205. The molecule has 212 valence electrons. The first-order valence-corrected chi connectivity index (χ1v) is 15.9. The molecule has 1 aromatic heterocycles. The highest BCUT2D eigenvalue weighted by Gasteiger charge is 2.75. The summed E-state index contributed by atoms with van der Waals surface area (Å²) in [6.45, 7) is 12.1. The molecule has 2 aromatic rings. The molecule has 2 bridgehead atoms. The normalized spacial score (nSPS) is 30.2. The van der Waals surface area contributed by atoms with E-state index in [-0.39, 0.29) is 30.1 Å². The third-order valence-corrected chi connectivity index (χ3v) is 11.0. The molecule has 5 atom stereocenters. The fourth-order valence-corrected chi connectivity index (χ4v) is 9.50. The number of ether oxygens (including phenoxy) is 2. The Labute approximate surface area is 249 Å². The van der Waals surface area contributed by atoms with Crippen molar-refractivity contribution in [2.75, 3.05) is 19.6 Å². The van der Waals surface area contributed by atoms with Gasteiger partial charge in [-0.1, -0.05) is 32.1 Å². The molecule has 1 amide bonds. The van der Waals surface area contributed by atoms with Crippen LogP contribution >= 0.6 is 27.3 Å². The molecular formula is C32H37BrN2O4S. The number of thiophene rings is 1. The number of likely N-dealkylation sites (tertiary alicyclic amines) is 1. The summed E-state index contributed by atoms with van der Waals surface area (Å²) < 4.78 is 14.5. The average Bonchev–Trinajstić information content (AvgIpc) is 3.47. The summed E-state index contributed by atoms with van der Waals surface area (Å²) >= 11 is 5.11. The van der Waals surface area contributed by atoms with E-state index in [1.807, 2.05) is 28.5 Å². The lowest BCUT2D eigenvalue weighted by atomic mass is 9.48. The molecule has 2 aliphatic heterocycles. The highest BCUT2D eigenvalue weighted by molar-refractivity contribution is 9.10. The van der Waals surface area contributed by atoms with Crippen molar-refractivity contribution < 1.29 is 19.1 Å². The van der Waals surface area contributed by atoms with Crippen molar-refractivity contribution >= 4 is 45.2 Å². The molecule has 0 unspecified atom stereocenters. The van der Waals surface area contributed by atoms with Gasteiger partial charge < -0.3 is 14.4 Å². The first kappa shape index (κ1) is 27.7. The van der Waals surface area contributed by atoms with E-state index in [9.17, 15) is 9.59 Å². The van der Waals surface area contributed by atoms with Crippen molar-refractivity contribution in [2.24, 2.45) is 5.92 Å². The smallest absolute Gasteiger partial charge is 0.303 e. The van der Waals surface area contributed by atoms with Gasteiger partial charge in [0.2, 0.25) is 5.91 Å². The van der Waals surface area contributed by atoms with Crippen LogP contribution in [0.2, 0.25) is 0 Å². The Hall–Kier alpha value is -2.42. The lowest BCUT2D eigenvalue weighted by Gasteiger charge is -2.65. The highest BCUT2D eigenvalue weighted by atomic mass is 79.9. The minimum Gasteiger partial charge on any atom is -0.487 e. The highest BCUT2D eigenvalue weighted by Crippen LogP contribution is 2.65. The summed E-state index contributed by atoms with van der Waals surface area (Å²) in [7, 11) is 0. The number of carbonyl (C=O) groups is 2. The van der Waals surface area contributed by atoms with Gasteiger partial charge in [-0.25, -0.2) is 0 Å². The second-order valence-corrected chi connectivity index (χ2v) is 13.9. The van der Waals surface area contributed by atoms with E-state index in [4.69, 9.17) is 9.47 Å². The first-order chi connectivity index (χ1) is 19.2. The van der Waals surface area contributed by atoms with Crippen LogP contribution in [0.4, 0.5) is 0 Å². The number of carbonyl (C=O) groups excluding carboxylic acids is 2. The second kappa shape index (κ2) is 10.4. The molecule has 1 spiro atoms. The number of hydrogen-bond acceptors (Lipinski definition) is 6. The van der Waals surface area contributed by atoms with Gasteiger partial charge in [0.05, 0.1) is 17.5 Å². The van der Waals surface area contributed by atoms with Crippen LogP contribution in [-0.4, -0.2) is 65.1 Å². The zero-order valence-electron chi connectivity index (χ0n) is 23.4. The summed E-state index contributed by atoms with van der Waals surface area (Å²) in [5, 5.41) is 2.02. The zero-order valence-corrected chi connectivity index (χ0v) is 25.8. The lowest BCUT2D eigenvalue weighted by molar-refractivity contribution is -0.223. The van der Waals surface area contributed by atoms with Crippen molar-refractivity contribution in [2.45, 2.75) is 75.7 Å². The maximum Gasteiger partial charge on any atom is 0.303 e. The molecule has 6 nitrogen and oxygen atoms in total. The van der Waals surface area contributed by atoms with Crippen LogP contribution in [0.5, 0.6) is 5.75 Å². The van der Waals surface area contributed by atoms with E-state index in [0.717, 1.165) is 41.0 Å². The van der Waals surface area contributed by atoms with Crippen molar-refractivity contribution in [1.29, 1.82) is 0 Å². The number of esters is 1. The summed E-state index contributed by atoms with van der Waals surface area (Å²) in [5.74, 6) is 0.919. The Bertz CT molecular complexity index is 1370. The SMILES string of the molecule is C=CCN1CC[C@]23c4c5cccc4O[C@H]2[C@@H](N(CC(C)C)C(=O)/C=C/c2cc(Br)cs2)CC[C@@]3(OC(C)=O)[C@H]1C5. The molecular weight excluding hydrogens is 588 g/mol. The Kier molecular flexibility index (Phi) is 7.24. The van der Waals surface area contributed by atoms with Gasteiger partial charge in [0, 0.05) is 52.9 Å². The van der Waals surface area contributed by atoms with Gasteiger partial charge in [0.1, 0.15) is 17.5 Å². The summed E-state index contributed by atoms with van der Waals surface area (Å²) in [6.07, 6.45) is 8.26. The topological polar surface area (TPSA) is 59.1 Å². The van der Waals surface area contributed by atoms with E-state index in [2.05, 4.69) is 59.5 Å². The zero-order chi connectivity index (χ0) is 28.2. The monoisotopic (exact) mass is 624 g/mol. The van der Waals surface area contributed by atoms with E-state index in [1.54, 1.807) is 17.4 Å². The van der Waals surface area contributed by atoms with E-state index in [1.165, 1.54) is 18.1 Å². The van der Waals surface area contributed by atoms with Gasteiger partial charge in [-0.05, 0) is 71.3 Å². The molecule has 6 rings (SSSR count). The van der Waals surface area contributed by atoms with Gasteiger partial charge >= 0.3 is 5.97 Å². The second-order valence-electron chi connectivity index (χ2n) is 12.0. The Balaban J connectivity index is 1.45. The van der Waals surface area contributed by atoms with Crippen LogP contribution < -0.4 is 4.74 Å². The van der Waals surface area contributed by atoms with E-state index < -0.39 is 11.0 Å². The predicted octanol–water partition coefficient (Wildman–Crippen LogP) is 5.99. The minimum absolute atomic E-state index is 0.00385. The molecule has 3 heterocycles. The first-order valence-electron chi connectivity index (χ1n) is 14.3. The van der Waals surface area contributed by atoms with Gasteiger partial charge in [0.25, 0.3) is 0 Å². The standard InChI is InChI=1S/C32H37BrN2O4S/c1-5-14-34-15-13-31-29-22-7-6-8-26(29)38-30(31)25(11-12-32(31,27(34)16-22)39-21(4)36)35(18-20(2)3)28(37)10-9-24-17-23(33)19-40-24/h5-10,17,19-20,25,27,30H,1,11-16,18H2,2-4H3/b10-9+/t25-,27+,30-,31-,32+/m0/s1. The molecule has 1 saturated carbocycles. The largest absolute Gasteiger partial charge is 0.487 e. The Morgan fingerprint density at radius 3 is 2.88 bits per heavy atom. The fraction of sp³-hybridized carbons (Fsp3) is 0.500. The van der Waals surface area contributed by atoms with Crippen LogP contribution in [0.3, 0.4) is 0 Å². The van der Waals surface area contributed by atoms with E-state index >= 15 is 0 Å². The molecule has 0 N–H and O–H groups in total. The molecule has 2 aliphatic carbocycles. The van der Waals surface area contributed by atoms with Gasteiger partial charge in [-0.2, -0.15) is 0 Å². The summed E-state index contributed by atoms with van der Waals surface area (Å²) in [6, 6.07) is 8.25. The number of rotatable bonds is 8. The van der Waals surface area contributed by atoms with Crippen LogP contribution in [0.1, 0.15) is 56.0 Å². The van der Waals surface area contributed by atoms with Crippen molar-refractivity contribution in [3.05, 3.63) is 68.9 Å². The molecule has 2 fully saturated rings. The number of halogens is 1. The van der Waals surface area contributed by atoms with Crippen LogP contribution in [0.25, 0.3) is 6.08 Å². The third kappa shape index (κ3) is 4.21. The minimum atomic E-state index is -0.716. The number of hydrogen-bond donors (Lipinski definition) is 0. The van der Waals surface area contributed by atoms with Gasteiger partial charge in [-0.15, -0.1) is 17.9 Å². The Morgan fingerprint density at radius 2 is 2.17 bits per heavy atom. The summed E-state index contributed by atoms with van der Waals surface area (Å²) in [4.78, 5) is 32.2. The maximum absolute atomic E-state index is 13.9. The lowest BCUT2D eigenvalue weighted by Crippen LogP contribution is -2.79. The molecule has 4 aliphatic rings. The van der Waals surface area contributed by atoms with Crippen LogP contribution in [0.15, 0.2) is 52.8 Å². The molecule has 1 saturated heterocycles. The van der Waals surface area contributed by atoms with Gasteiger partial charge in [-0.3, -0.25) is 14.5 Å². The Morgan fingerprint density at radius 1 is 1.35 bits per heavy atom. The van der Waals surface area contributed by atoms with Crippen LogP contribution in [0, 0.1) is 5.92 Å². The number of benzene rings is 1. The average molecular weight is 626 g/mol. The fourth-order valence-electron chi connectivity index (χ4n) is 8.16. The van der Waals surface area contributed by atoms with E-state index in [0.29, 0.717) is 25.3 Å². The van der Waals surface area contributed by atoms with Crippen molar-refractivity contribution in [1.82, 2.24) is 9.80 Å². The number of amides is 1. The number of nitrogens with zero attached hydrogens (tertiary/aromatic N) is 2. The van der Waals surface area contributed by atoms with Crippen molar-refractivity contribution in [3.8, 4) is 5.75 Å². The molecule has 8 heteroatoms. The predicted molar refractivity (Wildman–Crippen MR) is 162 cm³/mol. The number of piperidine rings is 1. The maximum atomic E-state index is 13.9.